The fourth-order valence-corrected chi connectivity index (χ4v) is 3.25. The zero-order valence-corrected chi connectivity index (χ0v) is 15.1. The molecule has 1 aromatic heterocycles. The molecule has 3 aromatic carbocycles. The standard InChI is InChI=1S/C22H16F3N3O/c23-22(24,25)18-11-4-2-7-15(18)13-26-21(29)20-12-19(27-28-20)17-10-5-8-14-6-1-3-9-16(14)17/h1-12H,13H2,(H,26,29)(H,27,28). The first kappa shape index (κ1) is 18.7. The van der Waals surface area contributed by atoms with Crippen LogP contribution in [0.3, 0.4) is 0 Å². The number of hydrogen-bond acceptors (Lipinski definition) is 2. The molecule has 4 aromatic rings. The van der Waals surface area contributed by atoms with Crippen LogP contribution in [0.5, 0.6) is 0 Å². The van der Waals surface area contributed by atoms with Gasteiger partial charge in [-0.1, -0.05) is 60.7 Å². The smallest absolute Gasteiger partial charge is 0.347 e. The van der Waals surface area contributed by atoms with Gasteiger partial charge in [0.2, 0.25) is 0 Å². The van der Waals surface area contributed by atoms with Gasteiger partial charge in [-0.3, -0.25) is 9.89 Å². The number of hydrogen-bond donors (Lipinski definition) is 2. The normalized spacial score (nSPS) is 11.6. The van der Waals surface area contributed by atoms with Crippen LogP contribution >= 0.6 is 0 Å². The van der Waals surface area contributed by atoms with E-state index in [1.54, 1.807) is 6.07 Å². The van der Waals surface area contributed by atoms with Crippen molar-refractivity contribution < 1.29 is 18.0 Å². The van der Waals surface area contributed by atoms with Crippen molar-refractivity contribution in [1.29, 1.82) is 0 Å². The molecule has 0 saturated carbocycles. The average molecular weight is 395 g/mol. The Morgan fingerprint density at radius 3 is 2.52 bits per heavy atom. The van der Waals surface area contributed by atoms with Gasteiger partial charge in [-0.2, -0.15) is 18.3 Å². The summed E-state index contributed by atoms with van der Waals surface area (Å²) in [6, 6.07) is 20.4. The third-order valence-corrected chi connectivity index (χ3v) is 4.65. The van der Waals surface area contributed by atoms with Gasteiger partial charge in [0, 0.05) is 12.1 Å². The van der Waals surface area contributed by atoms with Gasteiger partial charge in [-0.25, -0.2) is 0 Å². The molecular weight excluding hydrogens is 379 g/mol. The Morgan fingerprint density at radius 1 is 0.966 bits per heavy atom. The number of benzene rings is 3. The van der Waals surface area contributed by atoms with Crippen LogP contribution in [0.1, 0.15) is 21.6 Å². The first-order valence-corrected chi connectivity index (χ1v) is 8.90. The van der Waals surface area contributed by atoms with Crippen LogP contribution in [0.4, 0.5) is 13.2 Å². The lowest BCUT2D eigenvalue weighted by atomic mass is 10.0. The average Bonchev–Trinajstić information content (AvgIpc) is 3.21. The van der Waals surface area contributed by atoms with E-state index in [4.69, 9.17) is 0 Å². The number of amides is 1. The Kier molecular flexibility index (Phi) is 4.80. The van der Waals surface area contributed by atoms with Gasteiger partial charge in [-0.05, 0) is 28.5 Å². The first-order chi connectivity index (χ1) is 13.9. The van der Waals surface area contributed by atoms with Crippen molar-refractivity contribution in [3.8, 4) is 11.3 Å². The predicted octanol–water partition coefficient (Wildman–Crippen LogP) is 5.18. The number of alkyl halides is 3. The molecule has 0 aliphatic rings. The lowest BCUT2D eigenvalue weighted by Crippen LogP contribution is -2.24. The minimum absolute atomic E-state index is 0.00198. The van der Waals surface area contributed by atoms with Crippen LogP contribution in [0.15, 0.2) is 72.8 Å². The van der Waals surface area contributed by atoms with Gasteiger partial charge in [-0.15, -0.1) is 0 Å². The molecule has 0 radical (unpaired) electrons. The quantitative estimate of drug-likeness (QED) is 0.500. The fourth-order valence-electron chi connectivity index (χ4n) is 3.25. The third-order valence-electron chi connectivity index (χ3n) is 4.65. The zero-order chi connectivity index (χ0) is 20.4. The summed E-state index contributed by atoms with van der Waals surface area (Å²) in [5.41, 5.74) is 0.865. The summed E-state index contributed by atoms with van der Waals surface area (Å²) in [6.45, 7) is -0.239. The van der Waals surface area contributed by atoms with E-state index in [9.17, 15) is 18.0 Å². The van der Waals surface area contributed by atoms with Crippen LogP contribution in [0.2, 0.25) is 0 Å². The van der Waals surface area contributed by atoms with E-state index in [2.05, 4.69) is 15.5 Å². The second-order valence-electron chi connectivity index (χ2n) is 6.53. The first-order valence-electron chi connectivity index (χ1n) is 8.90. The Hall–Kier alpha value is -3.61. The second kappa shape index (κ2) is 7.43. The Labute approximate surface area is 164 Å². The van der Waals surface area contributed by atoms with Crippen molar-refractivity contribution in [1.82, 2.24) is 15.5 Å². The van der Waals surface area contributed by atoms with Gasteiger partial charge >= 0.3 is 6.18 Å². The van der Waals surface area contributed by atoms with Crippen LogP contribution in [-0.2, 0) is 12.7 Å². The number of halogens is 3. The molecule has 2 N–H and O–H groups in total. The van der Waals surface area contributed by atoms with Crippen molar-refractivity contribution in [2.75, 3.05) is 0 Å². The second-order valence-corrected chi connectivity index (χ2v) is 6.53. The highest BCUT2D eigenvalue weighted by molar-refractivity contribution is 5.98. The van der Waals surface area contributed by atoms with Gasteiger partial charge in [0.1, 0.15) is 5.69 Å². The number of H-pyrrole nitrogens is 1. The Bertz CT molecular complexity index is 1180. The molecule has 4 rings (SSSR count). The largest absolute Gasteiger partial charge is 0.416 e. The number of rotatable bonds is 4. The molecule has 29 heavy (non-hydrogen) atoms. The molecule has 146 valence electrons. The maximum absolute atomic E-state index is 13.1. The molecule has 0 spiro atoms. The summed E-state index contributed by atoms with van der Waals surface area (Å²) < 4.78 is 39.3. The van der Waals surface area contributed by atoms with E-state index in [1.165, 1.54) is 18.2 Å². The van der Waals surface area contributed by atoms with Crippen molar-refractivity contribution in [2.24, 2.45) is 0 Å². The van der Waals surface area contributed by atoms with E-state index in [-0.39, 0.29) is 17.8 Å². The van der Waals surface area contributed by atoms with Crippen LogP contribution in [0.25, 0.3) is 22.0 Å². The summed E-state index contributed by atoms with van der Waals surface area (Å²) in [7, 11) is 0. The highest BCUT2D eigenvalue weighted by atomic mass is 19.4. The maximum Gasteiger partial charge on any atom is 0.416 e. The zero-order valence-electron chi connectivity index (χ0n) is 15.1. The highest BCUT2D eigenvalue weighted by Gasteiger charge is 2.32. The van der Waals surface area contributed by atoms with Gasteiger partial charge in [0.05, 0.1) is 11.3 Å². The van der Waals surface area contributed by atoms with E-state index in [0.29, 0.717) is 5.69 Å². The SMILES string of the molecule is O=C(NCc1ccccc1C(F)(F)F)c1cc(-c2cccc3ccccc23)n[nH]1. The summed E-state index contributed by atoms with van der Waals surface area (Å²) in [4.78, 5) is 12.4. The van der Waals surface area contributed by atoms with Crippen molar-refractivity contribution >= 4 is 16.7 Å². The van der Waals surface area contributed by atoms with E-state index < -0.39 is 17.6 Å². The third kappa shape index (κ3) is 3.85. The summed E-state index contributed by atoms with van der Waals surface area (Å²) in [6.07, 6.45) is -4.48. The number of nitrogens with zero attached hydrogens (tertiary/aromatic N) is 1. The highest BCUT2D eigenvalue weighted by Crippen LogP contribution is 2.32. The number of carbonyl (C=O) groups excluding carboxylic acids is 1. The Morgan fingerprint density at radius 2 is 1.69 bits per heavy atom. The number of aromatic nitrogens is 2. The number of aromatic amines is 1. The van der Waals surface area contributed by atoms with Gasteiger partial charge in [0.15, 0.2) is 0 Å². The molecule has 1 amide bonds. The molecule has 0 bridgehead atoms. The minimum Gasteiger partial charge on any atom is -0.347 e. The minimum atomic E-state index is -4.48. The number of fused-ring (bicyclic) bond motifs is 1. The molecule has 1 heterocycles. The van der Waals surface area contributed by atoms with Crippen LogP contribution in [-0.4, -0.2) is 16.1 Å². The molecular formula is C22H16F3N3O. The molecule has 4 nitrogen and oxygen atoms in total. The van der Waals surface area contributed by atoms with E-state index in [0.717, 1.165) is 22.4 Å². The lowest BCUT2D eigenvalue weighted by molar-refractivity contribution is -0.138. The van der Waals surface area contributed by atoms with Gasteiger partial charge < -0.3 is 5.32 Å². The predicted molar refractivity (Wildman–Crippen MR) is 104 cm³/mol. The fraction of sp³-hybridized carbons (Fsp3) is 0.0909. The van der Waals surface area contributed by atoms with Crippen molar-refractivity contribution in [3.63, 3.8) is 0 Å². The molecule has 0 aliphatic carbocycles. The van der Waals surface area contributed by atoms with E-state index >= 15 is 0 Å². The Balaban J connectivity index is 1.54. The topological polar surface area (TPSA) is 57.8 Å². The maximum atomic E-state index is 13.1. The molecule has 0 atom stereocenters. The van der Waals surface area contributed by atoms with Crippen molar-refractivity contribution in [3.05, 3.63) is 89.6 Å². The number of carbonyl (C=O) groups is 1. The molecule has 0 aliphatic heterocycles. The van der Waals surface area contributed by atoms with Gasteiger partial charge in [0.25, 0.3) is 5.91 Å². The van der Waals surface area contributed by atoms with Crippen molar-refractivity contribution in [2.45, 2.75) is 12.7 Å². The molecule has 7 heteroatoms. The lowest BCUT2D eigenvalue weighted by Gasteiger charge is -2.12. The molecule has 0 saturated heterocycles. The van der Waals surface area contributed by atoms with Crippen LogP contribution < -0.4 is 5.32 Å². The van der Waals surface area contributed by atoms with E-state index in [1.807, 2.05) is 42.5 Å². The molecule has 0 unspecified atom stereocenters. The van der Waals surface area contributed by atoms with Crippen LogP contribution in [0, 0.1) is 0 Å². The summed E-state index contributed by atoms with van der Waals surface area (Å²) in [5, 5.41) is 11.4. The number of nitrogens with one attached hydrogen (secondary N) is 2. The summed E-state index contributed by atoms with van der Waals surface area (Å²) in [5.74, 6) is -0.527. The molecule has 0 fully saturated rings. The monoisotopic (exact) mass is 395 g/mol. The summed E-state index contributed by atoms with van der Waals surface area (Å²) >= 11 is 0.